The number of carbonyl (C=O) groups is 3. The molecule has 1 aliphatic carbocycles. The van der Waals surface area contributed by atoms with E-state index in [-0.39, 0.29) is 23.0 Å². The zero-order valence-electron chi connectivity index (χ0n) is 17.5. The van der Waals surface area contributed by atoms with Gasteiger partial charge in [0.25, 0.3) is 0 Å². The van der Waals surface area contributed by atoms with Crippen molar-refractivity contribution >= 4 is 34.9 Å². The molecule has 9 heteroatoms. The van der Waals surface area contributed by atoms with E-state index >= 15 is 0 Å². The molecule has 33 heavy (non-hydrogen) atoms. The fourth-order valence-corrected chi connectivity index (χ4v) is 4.47. The first kappa shape index (κ1) is 20.9. The van der Waals surface area contributed by atoms with Gasteiger partial charge in [0, 0.05) is 27.9 Å². The molecular formula is C24H18N4O4S. The second kappa shape index (κ2) is 8.51. The summed E-state index contributed by atoms with van der Waals surface area (Å²) in [6.07, 6.45) is 3.18. The Morgan fingerprint density at radius 2 is 1.76 bits per heavy atom. The summed E-state index contributed by atoms with van der Waals surface area (Å²) in [5, 5.41) is 10.9. The number of nitrogens with zero attached hydrogens (tertiary/aromatic N) is 3. The van der Waals surface area contributed by atoms with Crippen LogP contribution in [0, 0.1) is 0 Å². The summed E-state index contributed by atoms with van der Waals surface area (Å²) in [5.74, 6) is 0.0636. The summed E-state index contributed by atoms with van der Waals surface area (Å²) < 4.78 is 7.16. The Morgan fingerprint density at radius 3 is 2.48 bits per heavy atom. The lowest BCUT2D eigenvalue weighted by Crippen LogP contribution is -2.24. The van der Waals surface area contributed by atoms with Crippen molar-refractivity contribution in [2.45, 2.75) is 23.9 Å². The number of furan rings is 1. The van der Waals surface area contributed by atoms with Crippen molar-refractivity contribution in [1.29, 1.82) is 0 Å². The number of anilines is 1. The molecule has 4 aromatic rings. The molecule has 5 rings (SSSR count). The Morgan fingerprint density at radius 1 is 1.03 bits per heavy atom. The highest BCUT2D eigenvalue weighted by atomic mass is 32.2. The van der Waals surface area contributed by atoms with Gasteiger partial charge < -0.3 is 14.3 Å². The van der Waals surface area contributed by atoms with Crippen LogP contribution in [0.25, 0.3) is 0 Å². The lowest BCUT2D eigenvalue weighted by Gasteiger charge is -2.18. The van der Waals surface area contributed by atoms with Gasteiger partial charge in [-0.1, -0.05) is 36.0 Å². The minimum Gasteiger partial charge on any atom is -0.467 e. The molecule has 1 atom stereocenters. The lowest BCUT2D eigenvalue weighted by molar-refractivity contribution is -0.115. The van der Waals surface area contributed by atoms with E-state index in [0.29, 0.717) is 34.1 Å². The molecule has 2 heterocycles. The van der Waals surface area contributed by atoms with E-state index in [0.717, 1.165) is 5.76 Å². The molecular weight excluding hydrogens is 440 g/mol. The summed E-state index contributed by atoms with van der Waals surface area (Å²) in [4.78, 5) is 38.5. The van der Waals surface area contributed by atoms with Gasteiger partial charge in [-0.2, -0.15) is 0 Å². The van der Waals surface area contributed by atoms with Crippen molar-refractivity contribution in [1.82, 2.24) is 14.8 Å². The average Bonchev–Trinajstić information content (AvgIpc) is 3.50. The SMILES string of the molecule is CC(Sc1nncn1Cc1ccco1)C(=O)Nc1ccc2c(c1)C(=O)c1ccccc1C2=O. The largest absolute Gasteiger partial charge is 0.467 e. The molecule has 2 aromatic heterocycles. The first-order valence-electron chi connectivity index (χ1n) is 10.2. The van der Waals surface area contributed by atoms with Gasteiger partial charge in [-0.3, -0.25) is 14.4 Å². The zero-order valence-corrected chi connectivity index (χ0v) is 18.3. The fraction of sp³-hybridized carbons (Fsp3) is 0.125. The van der Waals surface area contributed by atoms with Crippen LogP contribution in [0.5, 0.6) is 0 Å². The Labute approximate surface area is 193 Å². The van der Waals surface area contributed by atoms with Gasteiger partial charge >= 0.3 is 0 Å². The Kier molecular flexibility index (Phi) is 5.39. The number of fused-ring (bicyclic) bond motifs is 2. The van der Waals surface area contributed by atoms with Crippen LogP contribution in [0.3, 0.4) is 0 Å². The number of benzene rings is 2. The van der Waals surface area contributed by atoms with Gasteiger partial charge in [0.15, 0.2) is 16.7 Å². The van der Waals surface area contributed by atoms with Crippen molar-refractivity contribution in [2.24, 2.45) is 0 Å². The molecule has 2 aromatic carbocycles. The summed E-state index contributed by atoms with van der Waals surface area (Å²) in [6.45, 7) is 2.22. The van der Waals surface area contributed by atoms with Gasteiger partial charge in [-0.05, 0) is 37.3 Å². The van der Waals surface area contributed by atoms with Crippen LogP contribution >= 0.6 is 11.8 Å². The van der Waals surface area contributed by atoms with Crippen LogP contribution in [0.4, 0.5) is 5.69 Å². The summed E-state index contributed by atoms with van der Waals surface area (Å²) in [7, 11) is 0. The predicted octanol–water partition coefficient (Wildman–Crippen LogP) is 3.81. The number of nitrogens with one attached hydrogen (secondary N) is 1. The minimum absolute atomic E-state index is 0.196. The van der Waals surface area contributed by atoms with Gasteiger partial charge in [0.2, 0.25) is 5.91 Å². The average molecular weight is 458 g/mol. The van der Waals surface area contributed by atoms with Crippen LogP contribution in [-0.4, -0.2) is 37.5 Å². The van der Waals surface area contributed by atoms with E-state index in [1.54, 1.807) is 72.6 Å². The van der Waals surface area contributed by atoms with E-state index in [4.69, 9.17) is 4.42 Å². The van der Waals surface area contributed by atoms with Crippen LogP contribution in [0.15, 0.2) is 76.8 Å². The maximum Gasteiger partial charge on any atom is 0.237 e. The molecule has 1 N–H and O–H groups in total. The summed E-state index contributed by atoms with van der Waals surface area (Å²) in [5.41, 5.74) is 1.85. The second-order valence-corrected chi connectivity index (χ2v) is 8.84. The molecule has 1 unspecified atom stereocenters. The Balaban J connectivity index is 1.30. The van der Waals surface area contributed by atoms with Crippen molar-refractivity contribution in [3.8, 4) is 0 Å². The van der Waals surface area contributed by atoms with Crippen LogP contribution in [-0.2, 0) is 11.3 Å². The standard InChI is InChI=1S/C24H18N4O4S/c1-14(33-24-27-25-13-28(24)12-16-5-4-10-32-16)23(31)26-15-8-9-19-20(11-15)22(30)18-7-3-2-6-17(18)21(19)29/h2-11,13-14H,12H2,1H3,(H,26,31). The number of aromatic nitrogens is 3. The van der Waals surface area contributed by atoms with Crippen molar-refractivity contribution in [3.05, 3.63) is 95.2 Å². The second-order valence-electron chi connectivity index (χ2n) is 7.53. The normalized spacial score (nSPS) is 13.4. The molecule has 1 aliphatic rings. The first-order chi connectivity index (χ1) is 16.0. The van der Waals surface area contributed by atoms with Crippen molar-refractivity contribution in [3.63, 3.8) is 0 Å². The molecule has 8 nitrogen and oxygen atoms in total. The maximum absolute atomic E-state index is 12.9. The Bertz CT molecular complexity index is 1380. The molecule has 0 fully saturated rings. The quantitative estimate of drug-likeness (QED) is 0.386. The van der Waals surface area contributed by atoms with Crippen molar-refractivity contribution < 1.29 is 18.8 Å². The number of thioether (sulfide) groups is 1. The molecule has 0 spiro atoms. The van der Waals surface area contributed by atoms with Crippen LogP contribution in [0.1, 0.15) is 44.5 Å². The lowest BCUT2D eigenvalue weighted by atomic mass is 9.84. The minimum atomic E-state index is -0.487. The molecule has 0 saturated heterocycles. The van der Waals surface area contributed by atoms with Gasteiger partial charge in [0.05, 0.1) is 18.1 Å². The highest BCUT2D eigenvalue weighted by molar-refractivity contribution is 8.00. The van der Waals surface area contributed by atoms with Gasteiger partial charge in [-0.15, -0.1) is 10.2 Å². The number of carbonyl (C=O) groups excluding carboxylic acids is 3. The van der Waals surface area contributed by atoms with E-state index in [1.807, 2.05) is 6.07 Å². The van der Waals surface area contributed by atoms with E-state index < -0.39 is 5.25 Å². The molecule has 164 valence electrons. The smallest absolute Gasteiger partial charge is 0.237 e. The number of hydrogen-bond donors (Lipinski definition) is 1. The third kappa shape index (κ3) is 3.98. The van der Waals surface area contributed by atoms with Gasteiger partial charge in [0.1, 0.15) is 12.1 Å². The Hall–Kier alpha value is -3.98. The van der Waals surface area contributed by atoms with Gasteiger partial charge in [-0.25, -0.2) is 0 Å². The highest BCUT2D eigenvalue weighted by Crippen LogP contribution is 2.30. The monoisotopic (exact) mass is 458 g/mol. The van der Waals surface area contributed by atoms with E-state index in [9.17, 15) is 14.4 Å². The zero-order chi connectivity index (χ0) is 22.9. The topological polar surface area (TPSA) is 107 Å². The molecule has 0 radical (unpaired) electrons. The summed E-state index contributed by atoms with van der Waals surface area (Å²) >= 11 is 1.26. The molecule has 0 aliphatic heterocycles. The molecule has 0 saturated carbocycles. The maximum atomic E-state index is 12.9. The highest BCUT2D eigenvalue weighted by Gasteiger charge is 2.29. The van der Waals surface area contributed by atoms with Crippen molar-refractivity contribution in [2.75, 3.05) is 5.32 Å². The number of rotatable bonds is 6. The number of amides is 1. The third-order valence-corrected chi connectivity index (χ3v) is 6.42. The number of hydrogen-bond acceptors (Lipinski definition) is 7. The van der Waals surface area contributed by atoms with E-state index in [2.05, 4.69) is 15.5 Å². The molecule has 0 bridgehead atoms. The number of ketones is 2. The fourth-order valence-electron chi connectivity index (χ4n) is 3.65. The molecule has 1 amide bonds. The van der Waals surface area contributed by atoms with Crippen LogP contribution < -0.4 is 5.32 Å². The van der Waals surface area contributed by atoms with Crippen LogP contribution in [0.2, 0.25) is 0 Å². The first-order valence-corrected chi connectivity index (χ1v) is 11.1. The predicted molar refractivity (Wildman–Crippen MR) is 122 cm³/mol. The van der Waals surface area contributed by atoms with E-state index in [1.165, 1.54) is 11.8 Å². The summed E-state index contributed by atoms with van der Waals surface area (Å²) in [6, 6.07) is 15.2. The third-order valence-electron chi connectivity index (χ3n) is 5.33.